The Morgan fingerprint density at radius 2 is 2.16 bits per heavy atom. The van der Waals surface area contributed by atoms with Crippen molar-refractivity contribution in [1.29, 1.82) is 0 Å². The van der Waals surface area contributed by atoms with Crippen molar-refractivity contribution in [3.63, 3.8) is 0 Å². The lowest BCUT2D eigenvalue weighted by atomic mass is 10.1. The van der Waals surface area contributed by atoms with E-state index in [-0.39, 0.29) is 18.1 Å². The maximum absolute atomic E-state index is 13.2. The molecule has 0 fully saturated rings. The number of rotatable bonds is 6. The molecule has 0 heterocycles. The Labute approximate surface area is 110 Å². The number of nitrogens with one attached hydrogen (secondary N) is 1. The Bertz CT molecular complexity index is 476. The Balaban J connectivity index is 2.53. The van der Waals surface area contributed by atoms with E-state index in [1.165, 1.54) is 26.2 Å². The molecule has 0 aliphatic rings. The van der Waals surface area contributed by atoms with E-state index >= 15 is 0 Å². The van der Waals surface area contributed by atoms with Crippen LogP contribution < -0.4 is 10.1 Å². The third kappa shape index (κ3) is 4.57. The number of carbonyl (C=O) groups is 2. The van der Waals surface area contributed by atoms with E-state index in [1.54, 1.807) is 6.07 Å². The maximum atomic E-state index is 13.2. The summed E-state index contributed by atoms with van der Waals surface area (Å²) in [7, 11) is 1.36. The third-order valence-corrected chi connectivity index (χ3v) is 2.60. The van der Waals surface area contributed by atoms with Crippen LogP contribution >= 0.6 is 0 Å². The number of carbonyl (C=O) groups excluding carboxylic acids is 1. The first kappa shape index (κ1) is 14.9. The quantitative estimate of drug-likeness (QED) is 0.817. The van der Waals surface area contributed by atoms with Gasteiger partial charge in [0.1, 0.15) is 6.04 Å². The Hall–Kier alpha value is -2.11. The summed E-state index contributed by atoms with van der Waals surface area (Å²) in [6.45, 7) is 1.39. The molecule has 0 unspecified atom stereocenters. The van der Waals surface area contributed by atoms with Crippen molar-refractivity contribution < 1.29 is 23.8 Å². The second-order valence-corrected chi connectivity index (χ2v) is 4.10. The first-order chi connectivity index (χ1) is 8.93. The average molecular weight is 269 g/mol. The molecular weight excluding hydrogens is 253 g/mol. The van der Waals surface area contributed by atoms with Gasteiger partial charge in [-0.25, -0.2) is 4.39 Å². The number of methoxy groups -OCH3 is 1. The van der Waals surface area contributed by atoms with Crippen LogP contribution in [0.3, 0.4) is 0 Å². The minimum absolute atomic E-state index is 0.122. The zero-order valence-electron chi connectivity index (χ0n) is 10.8. The van der Waals surface area contributed by atoms with Gasteiger partial charge in [-0.05, 0) is 31.0 Å². The van der Waals surface area contributed by atoms with Gasteiger partial charge in [-0.2, -0.15) is 0 Å². The summed E-state index contributed by atoms with van der Waals surface area (Å²) in [6, 6.07) is 3.43. The number of aliphatic carboxylic acids is 1. The van der Waals surface area contributed by atoms with Crippen molar-refractivity contribution in [3.8, 4) is 5.75 Å². The van der Waals surface area contributed by atoms with Gasteiger partial charge in [-0.3, -0.25) is 9.59 Å². The summed E-state index contributed by atoms with van der Waals surface area (Å²) in [6.07, 6.45) is 0.515. The lowest BCUT2D eigenvalue weighted by Gasteiger charge is -2.09. The summed E-state index contributed by atoms with van der Waals surface area (Å²) < 4.78 is 18.0. The van der Waals surface area contributed by atoms with Crippen LogP contribution in [-0.4, -0.2) is 30.1 Å². The second kappa shape index (κ2) is 6.72. The van der Waals surface area contributed by atoms with Crippen molar-refractivity contribution in [2.75, 3.05) is 7.11 Å². The highest BCUT2D eigenvalue weighted by Crippen LogP contribution is 2.19. The number of ether oxygens (including phenoxy) is 1. The number of amides is 1. The predicted molar refractivity (Wildman–Crippen MR) is 66.5 cm³/mol. The van der Waals surface area contributed by atoms with E-state index in [9.17, 15) is 14.0 Å². The van der Waals surface area contributed by atoms with Crippen LogP contribution in [0.1, 0.15) is 18.9 Å². The topological polar surface area (TPSA) is 75.6 Å². The Morgan fingerprint density at radius 1 is 1.47 bits per heavy atom. The normalized spacial score (nSPS) is 11.7. The molecule has 1 rings (SSSR count). The van der Waals surface area contributed by atoms with Crippen molar-refractivity contribution in [2.24, 2.45) is 0 Å². The SMILES string of the molecule is COc1cc(CCC(=O)N[C@@H](C)C(=O)O)ccc1F. The van der Waals surface area contributed by atoms with Crippen LogP contribution in [0.15, 0.2) is 18.2 Å². The Morgan fingerprint density at radius 3 is 2.74 bits per heavy atom. The van der Waals surface area contributed by atoms with Gasteiger partial charge in [-0.15, -0.1) is 0 Å². The standard InChI is InChI=1S/C13H16FNO4/c1-8(13(17)18)15-12(16)6-4-9-3-5-10(14)11(7-9)19-2/h3,5,7-8H,4,6H2,1-2H3,(H,15,16)(H,17,18)/t8-/m0/s1. The molecule has 6 heteroatoms. The molecule has 104 valence electrons. The molecule has 0 radical (unpaired) electrons. The van der Waals surface area contributed by atoms with Crippen molar-refractivity contribution in [1.82, 2.24) is 5.32 Å². The number of hydrogen-bond acceptors (Lipinski definition) is 3. The van der Waals surface area contributed by atoms with Gasteiger partial charge in [0.15, 0.2) is 11.6 Å². The van der Waals surface area contributed by atoms with E-state index in [2.05, 4.69) is 5.32 Å². The lowest BCUT2D eigenvalue weighted by molar-refractivity contribution is -0.141. The van der Waals surface area contributed by atoms with Crippen LogP contribution in [0.25, 0.3) is 0 Å². The molecule has 1 aromatic rings. The summed E-state index contributed by atoms with van der Waals surface area (Å²) in [5, 5.41) is 11.0. The smallest absolute Gasteiger partial charge is 0.325 e. The number of carboxylic acids is 1. The highest BCUT2D eigenvalue weighted by molar-refractivity contribution is 5.83. The summed E-state index contributed by atoms with van der Waals surface area (Å²) in [5.74, 6) is -1.79. The molecule has 1 atom stereocenters. The van der Waals surface area contributed by atoms with Crippen molar-refractivity contribution in [2.45, 2.75) is 25.8 Å². The number of halogens is 1. The van der Waals surface area contributed by atoms with Gasteiger partial charge in [-0.1, -0.05) is 6.07 Å². The van der Waals surface area contributed by atoms with E-state index in [0.717, 1.165) is 5.56 Å². The van der Waals surface area contributed by atoms with Crippen molar-refractivity contribution in [3.05, 3.63) is 29.6 Å². The molecular formula is C13H16FNO4. The van der Waals surface area contributed by atoms with Gasteiger partial charge in [0.05, 0.1) is 7.11 Å². The van der Waals surface area contributed by atoms with E-state index in [1.807, 2.05) is 0 Å². The highest BCUT2D eigenvalue weighted by atomic mass is 19.1. The molecule has 1 amide bonds. The first-order valence-corrected chi connectivity index (χ1v) is 5.78. The van der Waals surface area contributed by atoms with E-state index in [4.69, 9.17) is 9.84 Å². The number of hydrogen-bond donors (Lipinski definition) is 2. The van der Waals surface area contributed by atoms with Gasteiger partial charge in [0, 0.05) is 6.42 Å². The predicted octanol–water partition coefficient (Wildman–Crippen LogP) is 1.36. The molecule has 0 saturated carbocycles. The van der Waals surface area contributed by atoms with E-state index < -0.39 is 17.8 Å². The number of carboxylic acid groups (broad SMARTS) is 1. The summed E-state index contributed by atoms with van der Waals surface area (Å²) in [5.41, 5.74) is 0.747. The van der Waals surface area contributed by atoms with Gasteiger partial charge in [0.2, 0.25) is 5.91 Å². The molecule has 0 aliphatic heterocycles. The second-order valence-electron chi connectivity index (χ2n) is 4.10. The molecule has 1 aromatic carbocycles. The molecule has 5 nitrogen and oxygen atoms in total. The minimum Gasteiger partial charge on any atom is -0.494 e. The monoisotopic (exact) mass is 269 g/mol. The zero-order valence-corrected chi connectivity index (χ0v) is 10.8. The maximum Gasteiger partial charge on any atom is 0.325 e. The lowest BCUT2D eigenvalue weighted by Crippen LogP contribution is -2.38. The fraction of sp³-hybridized carbons (Fsp3) is 0.385. The fourth-order valence-corrected chi connectivity index (χ4v) is 1.49. The van der Waals surface area contributed by atoms with Gasteiger partial charge >= 0.3 is 5.97 Å². The highest BCUT2D eigenvalue weighted by Gasteiger charge is 2.13. The van der Waals surface area contributed by atoms with Crippen LogP contribution in [0.2, 0.25) is 0 Å². The fourth-order valence-electron chi connectivity index (χ4n) is 1.49. The van der Waals surface area contributed by atoms with Crippen LogP contribution in [0.4, 0.5) is 4.39 Å². The molecule has 0 bridgehead atoms. The molecule has 2 N–H and O–H groups in total. The van der Waals surface area contributed by atoms with Crippen LogP contribution in [-0.2, 0) is 16.0 Å². The van der Waals surface area contributed by atoms with Crippen LogP contribution in [0, 0.1) is 5.82 Å². The molecule has 0 saturated heterocycles. The minimum atomic E-state index is -1.09. The molecule has 19 heavy (non-hydrogen) atoms. The summed E-state index contributed by atoms with van der Waals surface area (Å²) in [4.78, 5) is 22.0. The van der Waals surface area contributed by atoms with Gasteiger partial charge < -0.3 is 15.2 Å². The van der Waals surface area contributed by atoms with E-state index in [0.29, 0.717) is 6.42 Å². The number of benzene rings is 1. The zero-order chi connectivity index (χ0) is 14.4. The van der Waals surface area contributed by atoms with Crippen LogP contribution in [0.5, 0.6) is 5.75 Å². The molecule has 0 spiro atoms. The molecule has 0 aromatic heterocycles. The average Bonchev–Trinajstić information content (AvgIpc) is 2.37. The Kier molecular flexibility index (Phi) is 5.29. The number of aryl methyl sites for hydroxylation is 1. The summed E-state index contributed by atoms with van der Waals surface area (Å²) >= 11 is 0. The third-order valence-electron chi connectivity index (χ3n) is 2.60. The first-order valence-electron chi connectivity index (χ1n) is 5.78. The molecule has 0 aliphatic carbocycles. The largest absolute Gasteiger partial charge is 0.494 e. The van der Waals surface area contributed by atoms with Gasteiger partial charge in [0.25, 0.3) is 0 Å². The van der Waals surface area contributed by atoms with Crippen molar-refractivity contribution >= 4 is 11.9 Å².